The Kier molecular flexibility index (Phi) is 4.24. The normalized spacial score (nSPS) is 11.1. The zero-order valence-electron chi connectivity index (χ0n) is 10.5. The molecule has 0 spiro atoms. The minimum Gasteiger partial charge on any atom is -0.269 e. The maximum absolute atomic E-state index is 11.9. The van der Waals surface area contributed by atoms with Crippen LogP contribution in [0.1, 0.15) is 11.3 Å². The van der Waals surface area contributed by atoms with Crippen molar-refractivity contribution in [3.05, 3.63) is 68.0 Å². The number of thiazole rings is 1. The largest absolute Gasteiger partial charge is 0.269 e. The lowest BCUT2D eigenvalue weighted by molar-refractivity contribution is 1.04. The third-order valence-electron chi connectivity index (χ3n) is 2.82. The molecule has 0 radical (unpaired) electrons. The van der Waals surface area contributed by atoms with Crippen LogP contribution in [0.3, 0.4) is 0 Å². The monoisotopic (exact) mass is 366 g/mol. The number of hydrogen-bond donors (Lipinski definition) is 0. The molecule has 0 fully saturated rings. The molecule has 20 heavy (non-hydrogen) atoms. The number of benzene rings is 1. The Labute approximate surface area is 132 Å². The summed E-state index contributed by atoms with van der Waals surface area (Å²) in [6, 6.07) is 9.79. The molecule has 6 heteroatoms. The summed E-state index contributed by atoms with van der Waals surface area (Å²) in [6.45, 7) is 0. The van der Waals surface area contributed by atoms with Crippen molar-refractivity contribution < 1.29 is 0 Å². The van der Waals surface area contributed by atoms with Crippen molar-refractivity contribution in [2.75, 3.05) is 0 Å². The van der Waals surface area contributed by atoms with Crippen molar-refractivity contribution in [3.63, 3.8) is 0 Å². The summed E-state index contributed by atoms with van der Waals surface area (Å²) in [5, 5.41) is 1.88. The summed E-state index contributed by atoms with van der Waals surface area (Å²) < 4.78 is 2.70. The summed E-state index contributed by atoms with van der Waals surface area (Å²) in [5.74, 6) is 1.64. The second-order valence-electron chi connectivity index (χ2n) is 4.23. The van der Waals surface area contributed by atoms with Crippen molar-refractivity contribution in [1.82, 2.24) is 9.38 Å². The van der Waals surface area contributed by atoms with Crippen LogP contribution in [0.15, 0.2) is 51.2 Å². The number of aromatic nitrogens is 2. The minimum atomic E-state index is -0.00672. The average molecular weight is 367 g/mol. The van der Waals surface area contributed by atoms with Crippen LogP contribution >= 0.6 is 39.0 Å². The van der Waals surface area contributed by atoms with Gasteiger partial charge in [0, 0.05) is 33.6 Å². The van der Waals surface area contributed by atoms with Gasteiger partial charge in [-0.25, -0.2) is 4.98 Å². The molecule has 0 bridgehead atoms. The summed E-state index contributed by atoms with van der Waals surface area (Å²) in [6.07, 6.45) is 1.76. The fraction of sp³-hybridized carbons (Fsp3) is 0.143. The summed E-state index contributed by atoms with van der Waals surface area (Å²) in [4.78, 5) is 17.1. The van der Waals surface area contributed by atoms with Crippen LogP contribution in [0.5, 0.6) is 0 Å². The predicted molar refractivity (Wildman–Crippen MR) is 88.5 cm³/mol. The van der Waals surface area contributed by atoms with Gasteiger partial charge in [0.1, 0.15) is 0 Å². The van der Waals surface area contributed by atoms with E-state index in [1.807, 2.05) is 23.6 Å². The Hall–Kier alpha value is -1.11. The second-order valence-corrected chi connectivity index (χ2v) is 6.94. The molecule has 0 saturated carbocycles. The predicted octanol–water partition coefficient (Wildman–Crippen LogP) is 3.95. The standard InChI is InChI=1S/C14H11BrN2OS2/c15-12-4-2-1-3-10(12)8-19-9-11-7-13(18)17-5-6-20-14(17)16-11/h1-7H,8-9H2. The molecule has 3 nitrogen and oxygen atoms in total. The summed E-state index contributed by atoms with van der Waals surface area (Å²) in [5.41, 5.74) is 2.09. The number of rotatable bonds is 4. The van der Waals surface area contributed by atoms with Crippen LogP contribution in [0.2, 0.25) is 0 Å². The van der Waals surface area contributed by atoms with E-state index in [1.165, 1.54) is 16.9 Å². The first-order valence-corrected chi connectivity index (χ1v) is 8.84. The van der Waals surface area contributed by atoms with E-state index < -0.39 is 0 Å². The highest BCUT2D eigenvalue weighted by Crippen LogP contribution is 2.23. The van der Waals surface area contributed by atoms with Gasteiger partial charge in [-0.15, -0.1) is 11.3 Å². The zero-order chi connectivity index (χ0) is 13.9. The Morgan fingerprint density at radius 2 is 2.15 bits per heavy atom. The van der Waals surface area contributed by atoms with E-state index >= 15 is 0 Å². The lowest BCUT2D eigenvalue weighted by atomic mass is 10.2. The van der Waals surface area contributed by atoms with Gasteiger partial charge in [-0.2, -0.15) is 11.8 Å². The molecule has 102 valence electrons. The van der Waals surface area contributed by atoms with Gasteiger partial charge >= 0.3 is 0 Å². The molecule has 3 aromatic rings. The van der Waals surface area contributed by atoms with Crippen LogP contribution in [0.25, 0.3) is 4.96 Å². The van der Waals surface area contributed by atoms with Crippen molar-refractivity contribution in [3.8, 4) is 0 Å². The van der Waals surface area contributed by atoms with Crippen LogP contribution in [-0.4, -0.2) is 9.38 Å². The Morgan fingerprint density at radius 3 is 3.00 bits per heavy atom. The lowest BCUT2D eigenvalue weighted by Gasteiger charge is -2.04. The van der Waals surface area contributed by atoms with Gasteiger partial charge in [-0.1, -0.05) is 34.1 Å². The molecule has 2 heterocycles. The van der Waals surface area contributed by atoms with Gasteiger partial charge in [0.2, 0.25) is 0 Å². The molecular formula is C14H11BrN2OS2. The number of nitrogens with zero attached hydrogens (tertiary/aromatic N) is 2. The van der Waals surface area contributed by atoms with E-state index in [0.717, 1.165) is 26.6 Å². The van der Waals surface area contributed by atoms with E-state index in [1.54, 1.807) is 28.4 Å². The SMILES string of the molecule is O=c1cc(CSCc2ccccc2Br)nc2sccn12. The van der Waals surface area contributed by atoms with E-state index in [0.29, 0.717) is 0 Å². The topological polar surface area (TPSA) is 34.4 Å². The Bertz CT molecular complexity index is 797. The van der Waals surface area contributed by atoms with Crippen LogP contribution in [-0.2, 0) is 11.5 Å². The maximum Gasteiger partial charge on any atom is 0.258 e. The number of hydrogen-bond acceptors (Lipinski definition) is 4. The van der Waals surface area contributed by atoms with Gasteiger partial charge < -0.3 is 0 Å². The highest BCUT2D eigenvalue weighted by atomic mass is 79.9. The van der Waals surface area contributed by atoms with E-state index in [2.05, 4.69) is 27.0 Å². The molecule has 0 amide bonds. The summed E-state index contributed by atoms with van der Waals surface area (Å²) in [7, 11) is 0. The van der Waals surface area contributed by atoms with Crippen molar-refractivity contribution in [2.45, 2.75) is 11.5 Å². The van der Waals surface area contributed by atoms with Crippen molar-refractivity contribution in [2.24, 2.45) is 0 Å². The molecule has 0 aliphatic heterocycles. The Morgan fingerprint density at radius 1 is 1.30 bits per heavy atom. The molecular weight excluding hydrogens is 356 g/mol. The fourth-order valence-corrected chi connectivity index (χ4v) is 4.12. The number of thioether (sulfide) groups is 1. The highest BCUT2D eigenvalue weighted by Gasteiger charge is 2.04. The van der Waals surface area contributed by atoms with E-state index in [9.17, 15) is 4.79 Å². The van der Waals surface area contributed by atoms with Crippen LogP contribution < -0.4 is 5.56 Å². The first kappa shape index (κ1) is 13.9. The molecule has 0 saturated heterocycles. The summed E-state index contributed by atoms with van der Waals surface area (Å²) >= 11 is 6.78. The molecule has 2 aromatic heterocycles. The number of fused-ring (bicyclic) bond motifs is 1. The zero-order valence-corrected chi connectivity index (χ0v) is 13.7. The molecule has 0 unspecified atom stereocenters. The second kappa shape index (κ2) is 6.11. The van der Waals surface area contributed by atoms with E-state index in [4.69, 9.17) is 0 Å². The third kappa shape index (κ3) is 2.97. The lowest BCUT2D eigenvalue weighted by Crippen LogP contribution is -2.12. The third-order valence-corrected chi connectivity index (χ3v) is 5.37. The van der Waals surface area contributed by atoms with Gasteiger partial charge in [-0.3, -0.25) is 9.20 Å². The molecule has 0 N–H and O–H groups in total. The first-order chi connectivity index (χ1) is 9.74. The molecule has 0 aliphatic carbocycles. The smallest absolute Gasteiger partial charge is 0.258 e. The van der Waals surface area contributed by atoms with Gasteiger partial charge in [0.15, 0.2) is 4.96 Å². The van der Waals surface area contributed by atoms with Crippen molar-refractivity contribution in [1.29, 1.82) is 0 Å². The van der Waals surface area contributed by atoms with Crippen LogP contribution in [0.4, 0.5) is 0 Å². The van der Waals surface area contributed by atoms with Gasteiger partial charge in [0.25, 0.3) is 5.56 Å². The van der Waals surface area contributed by atoms with E-state index in [-0.39, 0.29) is 5.56 Å². The maximum atomic E-state index is 11.9. The quantitative estimate of drug-likeness (QED) is 0.700. The average Bonchev–Trinajstić information content (AvgIpc) is 2.90. The molecule has 1 aromatic carbocycles. The van der Waals surface area contributed by atoms with Crippen molar-refractivity contribution >= 4 is 44.0 Å². The minimum absolute atomic E-state index is 0.00672. The number of halogens is 1. The van der Waals surface area contributed by atoms with Gasteiger partial charge in [0.05, 0.1) is 5.69 Å². The fourth-order valence-electron chi connectivity index (χ4n) is 1.84. The Balaban J connectivity index is 1.71. The first-order valence-electron chi connectivity index (χ1n) is 6.01. The molecule has 0 atom stereocenters. The highest BCUT2D eigenvalue weighted by molar-refractivity contribution is 9.10. The molecule has 0 aliphatic rings. The molecule has 3 rings (SSSR count). The van der Waals surface area contributed by atoms with Crippen LogP contribution in [0, 0.1) is 0 Å². The van der Waals surface area contributed by atoms with Gasteiger partial charge in [-0.05, 0) is 11.6 Å².